The monoisotopic (exact) mass is 1060 g/mol. The fourth-order valence-corrected chi connectivity index (χ4v) is 13.1. The van der Waals surface area contributed by atoms with Crippen LogP contribution < -0.4 is 33.6 Å². The van der Waals surface area contributed by atoms with Crippen molar-refractivity contribution in [3.63, 3.8) is 0 Å². The number of amides is 4. The summed E-state index contributed by atoms with van der Waals surface area (Å²) < 4.78 is 48.1. The zero-order chi connectivity index (χ0) is 51.8. The van der Waals surface area contributed by atoms with Gasteiger partial charge in [0.1, 0.15) is 18.5 Å². The summed E-state index contributed by atoms with van der Waals surface area (Å²) in [6.45, 7) is 5.14. The van der Waals surface area contributed by atoms with E-state index < -0.39 is 38.9 Å². The average molecular weight is 1060 g/mol. The molecule has 1 aromatic heterocycles. The van der Waals surface area contributed by atoms with E-state index in [1.54, 1.807) is 23.1 Å². The number of carbonyl (C=O) groups is 5. The van der Waals surface area contributed by atoms with E-state index in [4.69, 9.17) is 33.8 Å². The quantitative estimate of drug-likeness (QED) is 0.0364. The van der Waals surface area contributed by atoms with E-state index in [9.17, 15) is 32.7 Å². The minimum Gasteiger partial charge on any atom is -0.772 e. The van der Waals surface area contributed by atoms with Crippen LogP contribution in [0.5, 0.6) is 23.0 Å². The third-order valence-corrected chi connectivity index (χ3v) is 17.5. The molecule has 0 saturated carbocycles. The highest BCUT2D eigenvalue weighted by Crippen LogP contribution is 2.46. The van der Waals surface area contributed by atoms with Crippen molar-refractivity contribution in [1.29, 1.82) is 0 Å². The van der Waals surface area contributed by atoms with Gasteiger partial charge in [0, 0.05) is 72.6 Å². The Bertz CT molecular complexity index is 3120. The van der Waals surface area contributed by atoms with Crippen LogP contribution in [-0.2, 0) is 56.4 Å². The number of carbonyl (C=O) groups excluding carboxylic acids is 5. The number of aliphatic imine (C=N–C) groups is 1. The number of nitrogens with zero attached hydrogens (tertiary/aromatic N) is 6. The largest absolute Gasteiger partial charge is 0.772 e. The fourth-order valence-electron chi connectivity index (χ4n) is 9.89. The first-order valence-corrected chi connectivity index (χ1v) is 27.4. The average Bonchev–Trinajstić information content (AvgIpc) is 4.02. The number of aromatic nitrogens is 1. The molecule has 6 heterocycles. The van der Waals surface area contributed by atoms with Gasteiger partial charge in [-0.1, -0.05) is 64.1 Å². The standard InChI is InChI=1S/C53H52N6O12S3/c1-53(2,73-72-19-18-47(74(65)66)52(64)71-59-48(60)16-17-49(59)61)30-56-27-36-21-32-11-6-8-15-41(32)58(36)51(63)38-23-44(68-4)46(25-42(38)56)70-29-34-13-9-12-33(55-34)28-69-45-24-39-37(22-43(45)67-3)50(62)57-35(26-54-39)20-31-10-5-7-14-40(31)57/h5-15,22-26,35-36,47H,16-21,27-30H2,1-4H3,(H,65,66)/p-1. The molecular formula is C53H51N6O12S3-. The number of pyridine rings is 1. The van der Waals surface area contributed by atoms with Crippen LogP contribution in [0.2, 0.25) is 0 Å². The summed E-state index contributed by atoms with van der Waals surface area (Å²) >= 11 is -2.86. The zero-order valence-electron chi connectivity index (χ0n) is 40.8. The molecule has 0 N–H and O–H groups in total. The molecular weight excluding hydrogens is 1010 g/mol. The van der Waals surface area contributed by atoms with Crippen molar-refractivity contribution < 1.29 is 56.5 Å². The van der Waals surface area contributed by atoms with Crippen LogP contribution in [0.15, 0.2) is 96.0 Å². The maximum absolute atomic E-state index is 14.7. The summed E-state index contributed by atoms with van der Waals surface area (Å²) in [6, 6.07) is 27.8. The Labute approximate surface area is 437 Å². The van der Waals surface area contributed by atoms with Crippen molar-refractivity contribution in [3.8, 4) is 23.0 Å². The number of fused-ring (bicyclic) bond motifs is 8. The zero-order valence-corrected chi connectivity index (χ0v) is 43.3. The van der Waals surface area contributed by atoms with E-state index in [0.717, 1.165) is 22.5 Å². The molecule has 0 aliphatic carbocycles. The normalized spacial score (nSPS) is 18.4. The van der Waals surface area contributed by atoms with E-state index in [1.165, 1.54) is 35.8 Å². The SMILES string of the molecule is COc1cc2c(cc1OCc1cccc(COc3cc4c(cc3OC)C(=O)N3c5ccccc5CC3CN4CC(C)(C)SSCCC(C(=O)ON3C(=O)CCC3=O)S(=O)[O-])n1)N=CC1Cc3ccccc3N1C2=O. The van der Waals surface area contributed by atoms with Crippen molar-refractivity contribution in [2.45, 2.75) is 81.2 Å². The van der Waals surface area contributed by atoms with Gasteiger partial charge in [-0.05, 0) is 85.3 Å². The van der Waals surface area contributed by atoms with Gasteiger partial charge in [0.05, 0.1) is 60.2 Å². The molecule has 1 fully saturated rings. The second-order valence-corrected chi connectivity index (χ2v) is 23.0. The smallest absolute Gasteiger partial charge is 0.347 e. The maximum atomic E-state index is 14.7. The van der Waals surface area contributed by atoms with Gasteiger partial charge in [-0.2, -0.15) is 0 Å². The van der Waals surface area contributed by atoms with Gasteiger partial charge in [-0.25, -0.2) is 4.79 Å². The summed E-state index contributed by atoms with van der Waals surface area (Å²) in [6.07, 6.45) is 2.81. The van der Waals surface area contributed by atoms with Crippen molar-refractivity contribution in [2.75, 3.05) is 47.8 Å². The lowest BCUT2D eigenvalue weighted by atomic mass is 10.1. The van der Waals surface area contributed by atoms with E-state index >= 15 is 0 Å². The number of rotatable bonds is 18. The minimum atomic E-state index is -2.86. The molecule has 0 radical (unpaired) electrons. The van der Waals surface area contributed by atoms with Crippen LogP contribution in [0.4, 0.5) is 22.7 Å². The van der Waals surface area contributed by atoms with Gasteiger partial charge < -0.3 is 38.1 Å². The molecule has 21 heteroatoms. The number of hydroxylamine groups is 2. The summed E-state index contributed by atoms with van der Waals surface area (Å²) in [7, 11) is 5.92. The molecule has 384 valence electrons. The highest BCUT2D eigenvalue weighted by molar-refractivity contribution is 8.77. The predicted octanol–water partition coefficient (Wildman–Crippen LogP) is 7.34. The van der Waals surface area contributed by atoms with Crippen LogP contribution in [0.3, 0.4) is 0 Å². The van der Waals surface area contributed by atoms with Gasteiger partial charge in [0.2, 0.25) is 0 Å². The van der Waals surface area contributed by atoms with Crippen LogP contribution in [0.25, 0.3) is 0 Å². The fraction of sp³-hybridized carbons (Fsp3) is 0.340. The van der Waals surface area contributed by atoms with Crippen molar-refractivity contribution in [1.82, 2.24) is 10.0 Å². The summed E-state index contributed by atoms with van der Waals surface area (Å²) in [5.74, 6) is -1.15. The van der Waals surface area contributed by atoms with E-state index in [0.29, 0.717) is 87.9 Å². The Hall–Kier alpha value is -6.94. The Kier molecular flexibility index (Phi) is 14.4. The van der Waals surface area contributed by atoms with Gasteiger partial charge in [-0.15, -0.1) is 5.06 Å². The second kappa shape index (κ2) is 21.1. The van der Waals surface area contributed by atoms with Crippen LogP contribution >= 0.6 is 21.6 Å². The number of benzene rings is 4. The molecule has 4 amide bonds. The minimum absolute atomic E-state index is 0.0458. The van der Waals surface area contributed by atoms with Gasteiger partial charge in [0.15, 0.2) is 23.0 Å². The van der Waals surface area contributed by atoms with Crippen molar-refractivity contribution in [2.24, 2.45) is 4.99 Å². The van der Waals surface area contributed by atoms with Crippen LogP contribution in [0, 0.1) is 0 Å². The number of para-hydroxylation sites is 2. The number of imide groups is 1. The highest BCUT2D eigenvalue weighted by Gasteiger charge is 2.42. The summed E-state index contributed by atoms with van der Waals surface area (Å²) in [5, 5.41) is -1.24. The van der Waals surface area contributed by atoms with Crippen molar-refractivity contribution >= 4 is 91.2 Å². The molecule has 0 spiro atoms. The molecule has 4 unspecified atom stereocenters. The second-order valence-electron chi connectivity index (χ2n) is 18.8. The van der Waals surface area contributed by atoms with Crippen molar-refractivity contribution in [3.05, 3.63) is 125 Å². The Morgan fingerprint density at radius 2 is 1.38 bits per heavy atom. The topological polar surface area (TPSA) is 210 Å². The van der Waals surface area contributed by atoms with Gasteiger partial charge in [0.25, 0.3) is 23.6 Å². The molecule has 10 rings (SSSR count). The molecule has 4 atom stereocenters. The molecule has 0 bridgehead atoms. The molecule has 4 aromatic carbocycles. The molecule has 5 aliphatic rings. The Morgan fingerprint density at radius 3 is 2.04 bits per heavy atom. The lowest BCUT2D eigenvalue weighted by Gasteiger charge is -2.35. The number of hydrogen-bond donors (Lipinski definition) is 0. The lowest BCUT2D eigenvalue weighted by Crippen LogP contribution is -2.45. The highest BCUT2D eigenvalue weighted by atomic mass is 33.1. The van der Waals surface area contributed by atoms with Gasteiger partial charge in [-0.3, -0.25) is 38.3 Å². The Morgan fingerprint density at radius 1 is 0.770 bits per heavy atom. The third-order valence-electron chi connectivity index (χ3n) is 13.3. The molecule has 5 aliphatic heterocycles. The number of methoxy groups -OCH3 is 2. The van der Waals surface area contributed by atoms with E-state index in [2.05, 4.69) is 4.90 Å². The number of anilines is 3. The first-order valence-electron chi connectivity index (χ1n) is 23.9. The molecule has 1 saturated heterocycles. The maximum Gasteiger partial charge on any atom is 0.347 e. The molecule has 74 heavy (non-hydrogen) atoms. The van der Waals surface area contributed by atoms with Gasteiger partial charge >= 0.3 is 5.97 Å². The summed E-state index contributed by atoms with van der Waals surface area (Å²) in [4.78, 5) is 85.7. The first-order chi connectivity index (χ1) is 35.7. The van der Waals surface area contributed by atoms with E-state index in [-0.39, 0.29) is 62.1 Å². The number of hydrogen-bond acceptors (Lipinski definition) is 17. The Balaban J connectivity index is 0.840. The first kappa shape index (κ1) is 50.6. The van der Waals surface area contributed by atoms with E-state index in [1.807, 2.05) is 97.8 Å². The molecule has 18 nitrogen and oxygen atoms in total. The predicted molar refractivity (Wildman–Crippen MR) is 279 cm³/mol. The lowest BCUT2D eigenvalue weighted by molar-refractivity contribution is -0.197. The third kappa shape index (κ3) is 10.2. The number of ether oxygens (including phenoxy) is 4. The van der Waals surface area contributed by atoms with Crippen LogP contribution in [0.1, 0.15) is 76.3 Å². The molecule has 5 aromatic rings. The van der Waals surface area contributed by atoms with Crippen LogP contribution in [-0.4, -0.2) is 110 Å². The summed E-state index contributed by atoms with van der Waals surface area (Å²) in [5.41, 5.74) is 7.07.